The van der Waals surface area contributed by atoms with Crippen LogP contribution in [0, 0.1) is 0 Å². The molecule has 1 heterocycles. The Morgan fingerprint density at radius 1 is 1.46 bits per heavy atom. The van der Waals surface area contributed by atoms with Crippen LogP contribution in [0.1, 0.15) is 25.5 Å². The van der Waals surface area contributed by atoms with E-state index in [4.69, 9.17) is 10.5 Å². The Labute approximate surface area is 78.9 Å². The van der Waals surface area contributed by atoms with Crippen molar-refractivity contribution < 1.29 is 4.74 Å². The molecule has 0 radical (unpaired) electrons. The standard InChI is InChI=1S/C10H16N2O/c1-8(2)9-4-3-5-10(12-9)13-7-6-11/h3-5,8H,6-7,11H2,1-2H3. The van der Waals surface area contributed by atoms with Crippen LogP contribution < -0.4 is 10.5 Å². The summed E-state index contributed by atoms with van der Waals surface area (Å²) in [4.78, 5) is 4.33. The van der Waals surface area contributed by atoms with Crippen molar-refractivity contribution in [2.24, 2.45) is 5.73 Å². The molecular weight excluding hydrogens is 164 g/mol. The highest BCUT2D eigenvalue weighted by Gasteiger charge is 2.01. The molecule has 0 aliphatic rings. The Morgan fingerprint density at radius 2 is 2.23 bits per heavy atom. The first-order valence-corrected chi connectivity index (χ1v) is 4.54. The van der Waals surface area contributed by atoms with E-state index < -0.39 is 0 Å². The van der Waals surface area contributed by atoms with Crippen LogP contribution in [0.3, 0.4) is 0 Å². The van der Waals surface area contributed by atoms with Gasteiger partial charge in [-0.25, -0.2) is 4.98 Å². The van der Waals surface area contributed by atoms with Crippen molar-refractivity contribution in [2.75, 3.05) is 13.2 Å². The Balaban J connectivity index is 2.68. The number of ether oxygens (including phenoxy) is 1. The van der Waals surface area contributed by atoms with Gasteiger partial charge in [-0.3, -0.25) is 0 Å². The summed E-state index contributed by atoms with van der Waals surface area (Å²) in [5.41, 5.74) is 6.37. The molecule has 0 atom stereocenters. The second-order valence-electron chi connectivity index (χ2n) is 3.19. The molecule has 3 nitrogen and oxygen atoms in total. The van der Waals surface area contributed by atoms with Gasteiger partial charge >= 0.3 is 0 Å². The second-order valence-corrected chi connectivity index (χ2v) is 3.19. The SMILES string of the molecule is CC(C)c1cccc(OCCN)n1. The summed E-state index contributed by atoms with van der Waals surface area (Å²) in [6.45, 7) is 5.26. The van der Waals surface area contributed by atoms with Crippen LogP contribution >= 0.6 is 0 Å². The lowest BCUT2D eigenvalue weighted by Gasteiger charge is -2.07. The molecule has 0 bridgehead atoms. The molecule has 0 aromatic carbocycles. The minimum atomic E-state index is 0.432. The van der Waals surface area contributed by atoms with Gasteiger partial charge in [0, 0.05) is 18.3 Å². The van der Waals surface area contributed by atoms with Gasteiger partial charge in [0.25, 0.3) is 0 Å². The second kappa shape index (κ2) is 4.82. The van der Waals surface area contributed by atoms with E-state index in [0.717, 1.165) is 5.69 Å². The Morgan fingerprint density at radius 3 is 2.85 bits per heavy atom. The summed E-state index contributed by atoms with van der Waals surface area (Å²) in [6, 6.07) is 5.80. The van der Waals surface area contributed by atoms with Crippen LogP contribution in [0.5, 0.6) is 5.88 Å². The Hall–Kier alpha value is -1.09. The van der Waals surface area contributed by atoms with Crippen molar-refractivity contribution in [2.45, 2.75) is 19.8 Å². The van der Waals surface area contributed by atoms with E-state index in [0.29, 0.717) is 24.9 Å². The number of aromatic nitrogens is 1. The zero-order valence-electron chi connectivity index (χ0n) is 8.16. The quantitative estimate of drug-likeness (QED) is 0.764. The van der Waals surface area contributed by atoms with Crippen LogP contribution in [0.25, 0.3) is 0 Å². The fraction of sp³-hybridized carbons (Fsp3) is 0.500. The van der Waals surface area contributed by atoms with E-state index in [2.05, 4.69) is 18.8 Å². The van der Waals surface area contributed by atoms with Gasteiger partial charge in [-0.1, -0.05) is 19.9 Å². The Bertz CT molecular complexity index is 261. The van der Waals surface area contributed by atoms with Crippen LogP contribution in [0.2, 0.25) is 0 Å². The van der Waals surface area contributed by atoms with Crippen molar-refractivity contribution in [1.82, 2.24) is 4.98 Å². The van der Waals surface area contributed by atoms with E-state index in [1.165, 1.54) is 0 Å². The summed E-state index contributed by atoms with van der Waals surface area (Å²) in [7, 11) is 0. The number of nitrogens with two attached hydrogens (primary N) is 1. The number of rotatable bonds is 4. The highest BCUT2D eigenvalue weighted by Crippen LogP contribution is 2.14. The van der Waals surface area contributed by atoms with Crippen LogP contribution in [0.15, 0.2) is 18.2 Å². The average Bonchev–Trinajstić information content (AvgIpc) is 2.15. The minimum Gasteiger partial charge on any atom is -0.476 e. The lowest BCUT2D eigenvalue weighted by molar-refractivity contribution is 0.314. The van der Waals surface area contributed by atoms with Gasteiger partial charge in [0.2, 0.25) is 5.88 Å². The topological polar surface area (TPSA) is 48.1 Å². The lowest BCUT2D eigenvalue weighted by Crippen LogP contribution is -2.11. The van der Waals surface area contributed by atoms with Crippen molar-refractivity contribution in [3.63, 3.8) is 0 Å². The maximum absolute atomic E-state index is 5.32. The maximum Gasteiger partial charge on any atom is 0.213 e. The summed E-state index contributed by atoms with van der Waals surface area (Å²) in [5, 5.41) is 0. The predicted octanol–water partition coefficient (Wildman–Crippen LogP) is 1.54. The molecule has 1 rings (SSSR count). The molecule has 0 unspecified atom stereocenters. The van der Waals surface area contributed by atoms with Gasteiger partial charge in [0.15, 0.2) is 0 Å². The maximum atomic E-state index is 5.32. The fourth-order valence-corrected chi connectivity index (χ4v) is 0.996. The molecule has 72 valence electrons. The summed E-state index contributed by atoms with van der Waals surface area (Å²) in [5.74, 6) is 1.10. The van der Waals surface area contributed by atoms with E-state index in [9.17, 15) is 0 Å². The third kappa shape index (κ3) is 3.03. The van der Waals surface area contributed by atoms with Crippen molar-refractivity contribution in [3.8, 4) is 5.88 Å². The molecule has 0 aliphatic heterocycles. The van der Waals surface area contributed by atoms with Crippen molar-refractivity contribution in [3.05, 3.63) is 23.9 Å². The number of hydrogen-bond acceptors (Lipinski definition) is 3. The lowest BCUT2D eigenvalue weighted by atomic mass is 10.1. The molecule has 1 aromatic heterocycles. The highest BCUT2D eigenvalue weighted by atomic mass is 16.5. The van der Waals surface area contributed by atoms with Crippen LogP contribution in [0.4, 0.5) is 0 Å². The van der Waals surface area contributed by atoms with E-state index in [1.54, 1.807) is 0 Å². The predicted molar refractivity (Wildman–Crippen MR) is 52.9 cm³/mol. The minimum absolute atomic E-state index is 0.432. The van der Waals surface area contributed by atoms with Crippen molar-refractivity contribution in [1.29, 1.82) is 0 Å². The zero-order chi connectivity index (χ0) is 9.68. The molecule has 0 spiro atoms. The average molecular weight is 180 g/mol. The third-order valence-corrected chi connectivity index (χ3v) is 1.70. The molecule has 13 heavy (non-hydrogen) atoms. The van der Waals surface area contributed by atoms with Gasteiger partial charge < -0.3 is 10.5 Å². The molecule has 1 aromatic rings. The fourth-order valence-electron chi connectivity index (χ4n) is 0.996. The molecule has 0 saturated heterocycles. The normalized spacial score (nSPS) is 10.5. The first kappa shape index (κ1) is 9.99. The third-order valence-electron chi connectivity index (χ3n) is 1.70. The molecule has 0 saturated carbocycles. The van der Waals surface area contributed by atoms with Gasteiger partial charge in [0.1, 0.15) is 6.61 Å². The Kier molecular flexibility index (Phi) is 3.71. The smallest absolute Gasteiger partial charge is 0.213 e. The van der Waals surface area contributed by atoms with Gasteiger partial charge in [-0.15, -0.1) is 0 Å². The number of pyridine rings is 1. The summed E-state index contributed by atoms with van der Waals surface area (Å²) < 4.78 is 5.31. The monoisotopic (exact) mass is 180 g/mol. The molecule has 0 fully saturated rings. The molecule has 2 N–H and O–H groups in total. The van der Waals surface area contributed by atoms with E-state index in [-0.39, 0.29) is 0 Å². The van der Waals surface area contributed by atoms with Gasteiger partial charge in [0.05, 0.1) is 0 Å². The number of nitrogens with zero attached hydrogens (tertiary/aromatic N) is 1. The van der Waals surface area contributed by atoms with Gasteiger partial charge in [-0.05, 0) is 12.0 Å². The summed E-state index contributed by atoms with van der Waals surface area (Å²) in [6.07, 6.45) is 0. The molecule has 0 amide bonds. The highest BCUT2D eigenvalue weighted by molar-refractivity contribution is 5.17. The number of hydrogen-bond donors (Lipinski definition) is 1. The molecule has 0 aliphatic carbocycles. The van der Waals surface area contributed by atoms with Crippen molar-refractivity contribution >= 4 is 0 Å². The zero-order valence-corrected chi connectivity index (χ0v) is 8.16. The molecular formula is C10H16N2O. The first-order valence-electron chi connectivity index (χ1n) is 4.54. The first-order chi connectivity index (χ1) is 6.24. The largest absolute Gasteiger partial charge is 0.476 e. The van der Waals surface area contributed by atoms with E-state index in [1.807, 2.05) is 18.2 Å². The van der Waals surface area contributed by atoms with Crippen LogP contribution in [-0.2, 0) is 0 Å². The van der Waals surface area contributed by atoms with Crippen LogP contribution in [-0.4, -0.2) is 18.1 Å². The summed E-state index contributed by atoms with van der Waals surface area (Å²) >= 11 is 0. The van der Waals surface area contributed by atoms with Gasteiger partial charge in [-0.2, -0.15) is 0 Å². The van der Waals surface area contributed by atoms with E-state index >= 15 is 0 Å². The molecule has 3 heteroatoms.